The third-order valence-electron chi connectivity index (χ3n) is 3.73. The highest BCUT2D eigenvalue weighted by Crippen LogP contribution is 2.26. The summed E-state index contributed by atoms with van der Waals surface area (Å²) in [6.07, 6.45) is 0. The number of fused-ring (bicyclic) bond motifs is 1. The fourth-order valence-corrected chi connectivity index (χ4v) is 2.95. The van der Waals surface area contributed by atoms with Crippen molar-refractivity contribution in [3.63, 3.8) is 0 Å². The topological polar surface area (TPSA) is 19.4 Å². The van der Waals surface area contributed by atoms with Crippen molar-refractivity contribution in [3.05, 3.63) is 35.9 Å². The molecule has 0 unspecified atom stereocenters. The quantitative estimate of drug-likeness (QED) is 0.793. The van der Waals surface area contributed by atoms with Crippen LogP contribution in [0.4, 0.5) is 5.82 Å². The van der Waals surface area contributed by atoms with Gasteiger partial charge in [0, 0.05) is 42.5 Å². The second-order valence-electron chi connectivity index (χ2n) is 5.09. The Morgan fingerprint density at radius 1 is 1.16 bits per heavy atom. The SMILES string of the molecule is CN1CCN(c2nc3ccccc3cc2CBr)CC1. The molecule has 1 aromatic carbocycles. The molecular formula is C15H18BrN3. The number of para-hydroxylation sites is 1. The van der Waals surface area contributed by atoms with E-state index in [0.29, 0.717) is 0 Å². The summed E-state index contributed by atoms with van der Waals surface area (Å²) in [7, 11) is 2.18. The summed E-state index contributed by atoms with van der Waals surface area (Å²) in [4.78, 5) is 9.64. The van der Waals surface area contributed by atoms with Crippen LogP contribution in [0.15, 0.2) is 30.3 Å². The lowest BCUT2D eigenvalue weighted by Gasteiger charge is -2.34. The van der Waals surface area contributed by atoms with E-state index >= 15 is 0 Å². The number of likely N-dealkylation sites (N-methyl/N-ethyl adjacent to an activating group) is 1. The van der Waals surface area contributed by atoms with Crippen LogP contribution in [0, 0.1) is 0 Å². The number of hydrogen-bond acceptors (Lipinski definition) is 3. The second kappa shape index (κ2) is 5.47. The molecule has 0 atom stereocenters. The number of aromatic nitrogens is 1. The van der Waals surface area contributed by atoms with Gasteiger partial charge in [-0.25, -0.2) is 4.98 Å². The molecule has 0 N–H and O–H groups in total. The predicted molar refractivity (Wildman–Crippen MR) is 84.1 cm³/mol. The molecule has 3 rings (SSSR count). The van der Waals surface area contributed by atoms with E-state index < -0.39 is 0 Å². The lowest BCUT2D eigenvalue weighted by Crippen LogP contribution is -2.45. The van der Waals surface area contributed by atoms with Crippen LogP contribution in [0.1, 0.15) is 5.56 Å². The van der Waals surface area contributed by atoms with Crippen LogP contribution >= 0.6 is 15.9 Å². The maximum Gasteiger partial charge on any atom is 0.133 e. The Labute approximate surface area is 122 Å². The molecule has 0 aliphatic carbocycles. The smallest absolute Gasteiger partial charge is 0.133 e. The summed E-state index contributed by atoms with van der Waals surface area (Å²) in [6, 6.07) is 10.6. The number of piperazine rings is 1. The van der Waals surface area contributed by atoms with Crippen molar-refractivity contribution in [1.29, 1.82) is 0 Å². The molecule has 1 aliphatic rings. The summed E-state index contributed by atoms with van der Waals surface area (Å²) in [5, 5.41) is 2.07. The molecule has 0 spiro atoms. The predicted octanol–water partition coefficient (Wildman–Crippen LogP) is 2.88. The van der Waals surface area contributed by atoms with Gasteiger partial charge in [0.25, 0.3) is 0 Å². The lowest BCUT2D eigenvalue weighted by atomic mass is 10.1. The van der Waals surface area contributed by atoms with Crippen LogP contribution < -0.4 is 4.90 Å². The molecule has 1 aliphatic heterocycles. The highest BCUT2D eigenvalue weighted by molar-refractivity contribution is 9.08. The molecule has 0 bridgehead atoms. The van der Waals surface area contributed by atoms with Crippen LogP contribution in [0.3, 0.4) is 0 Å². The fraction of sp³-hybridized carbons (Fsp3) is 0.400. The van der Waals surface area contributed by atoms with Gasteiger partial charge in [-0.1, -0.05) is 34.1 Å². The van der Waals surface area contributed by atoms with E-state index in [2.05, 4.69) is 63.1 Å². The molecule has 2 heterocycles. The van der Waals surface area contributed by atoms with E-state index in [1.807, 2.05) is 0 Å². The summed E-state index contributed by atoms with van der Waals surface area (Å²) >= 11 is 3.60. The molecule has 1 saturated heterocycles. The molecule has 0 radical (unpaired) electrons. The summed E-state index contributed by atoms with van der Waals surface area (Å²) < 4.78 is 0. The largest absolute Gasteiger partial charge is 0.354 e. The van der Waals surface area contributed by atoms with Crippen LogP contribution in [-0.2, 0) is 5.33 Å². The fourth-order valence-electron chi connectivity index (χ4n) is 2.54. The monoisotopic (exact) mass is 319 g/mol. The highest BCUT2D eigenvalue weighted by Gasteiger charge is 2.18. The first kappa shape index (κ1) is 12.9. The van der Waals surface area contributed by atoms with Crippen LogP contribution in [0.2, 0.25) is 0 Å². The number of nitrogens with zero attached hydrogens (tertiary/aromatic N) is 3. The average Bonchev–Trinajstić information content (AvgIpc) is 2.46. The maximum atomic E-state index is 4.87. The van der Waals surface area contributed by atoms with Gasteiger partial charge in [0.15, 0.2) is 0 Å². The highest BCUT2D eigenvalue weighted by atomic mass is 79.9. The molecule has 3 nitrogen and oxygen atoms in total. The van der Waals surface area contributed by atoms with Gasteiger partial charge in [0.05, 0.1) is 5.52 Å². The number of hydrogen-bond donors (Lipinski definition) is 0. The molecule has 1 aromatic heterocycles. The Kier molecular flexibility index (Phi) is 3.71. The van der Waals surface area contributed by atoms with Crippen molar-refractivity contribution in [2.45, 2.75) is 5.33 Å². The lowest BCUT2D eigenvalue weighted by molar-refractivity contribution is 0.312. The standard InChI is InChI=1S/C15H18BrN3/c1-18-6-8-19(9-7-18)15-13(11-16)10-12-4-2-3-5-14(12)17-15/h2-5,10H,6-9,11H2,1H3. The molecule has 100 valence electrons. The molecule has 1 fully saturated rings. The molecule has 0 amide bonds. The summed E-state index contributed by atoms with van der Waals surface area (Å²) in [5.41, 5.74) is 2.37. The van der Waals surface area contributed by atoms with Crippen LogP contribution in [-0.4, -0.2) is 43.1 Å². The number of halogens is 1. The van der Waals surface area contributed by atoms with Crippen molar-refractivity contribution < 1.29 is 0 Å². The van der Waals surface area contributed by atoms with Crippen molar-refractivity contribution >= 4 is 32.7 Å². The minimum atomic E-state index is 0.854. The van der Waals surface area contributed by atoms with Crippen molar-refractivity contribution in [2.24, 2.45) is 0 Å². The Bertz CT molecular complexity index is 577. The molecule has 4 heteroatoms. The van der Waals surface area contributed by atoms with E-state index in [4.69, 9.17) is 4.98 Å². The number of pyridine rings is 1. The zero-order chi connectivity index (χ0) is 13.2. The third kappa shape index (κ3) is 2.60. The van der Waals surface area contributed by atoms with Gasteiger partial charge < -0.3 is 9.80 Å². The molecule has 2 aromatic rings. The van der Waals surface area contributed by atoms with Crippen molar-refractivity contribution in [3.8, 4) is 0 Å². The Balaban J connectivity index is 2.01. The van der Waals surface area contributed by atoms with Crippen LogP contribution in [0.5, 0.6) is 0 Å². The Morgan fingerprint density at radius 2 is 1.89 bits per heavy atom. The first-order valence-electron chi connectivity index (χ1n) is 6.66. The number of alkyl halides is 1. The van der Waals surface area contributed by atoms with Crippen LogP contribution in [0.25, 0.3) is 10.9 Å². The van der Waals surface area contributed by atoms with E-state index in [1.165, 1.54) is 10.9 Å². The van der Waals surface area contributed by atoms with Gasteiger partial charge in [-0.15, -0.1) is 0 Å². The second-order valence-corrected chi connectivity index (χ2v) is 5.65. The van der Waals surface area contributed by atoms with Gasteiger partial charge in [-0.05, 0) is 19.2 Å². The van der Waals surface area contributed by atoms with E-state index in [1.54, 1.807) is 0 Å². The maximum absolute atomic E-state index is 4.87. The minimum Gasteiger partial charge on any atom is -0.354 e. The summed E-state index contributed by atoms with van der Waals surface area (Å²) in [6.45, 7) is 4.33. The van der Waals surface area contributed by atoms with E-state index in [-0.39, 0.29) is 0 Å². The third-order valence-corrected chi connectivity index (χ3v) is 4.33. The van der Waals surface area contributed by atoms with Gasteiger partial charge >= 0.3 is 0 Å². The van der Waals surface area contributed by atoms with Gasteiger partial charge in [-0.2, -0.15) is 0 Å². The first-order valence-corrected chi connectivity index (χ1v) is 7.78. The van der Waals surface area contributed by atoms with Crippen molar-refractivity contribution in [2.75, 3.05) is 38.1 Å². The summed E-state index contributed by atoms with van der Waals surface area (Å²) in [5.74, 6) is 1.14. The van der Waals surface area contributed by atoms with E-state index in [0.717, 1.165) is 42.8 Å². The number of anilines is 1. The van der Waals surface area contributed by atoms with Gasteiger partial charge in [0.2, 0.25) is 0 Å². The number of rotatable bonds is 2. The number of benzene rings is 1. The Morgan fingerprint density at radius 3 is 2.63 bits per heavy atom. The van der Waals surface area contributed by atoms with E-state index in [9.17, 15) is 0 Å². The minimum absolute atomic E-state index is 0.854. The Hall–Kier alpha value is -1.13. The average molecular weight is 320 g/mol. The molecule has 19 heavy (non-hydrogen) atoms. The van der Waals surface area contributed by atoms with Crippen molar-refractivity contribution in [1.82, 2.24) is 9.88 Å². The van der Waals surface area contributed by atoms with Gasteiger partial charge in [-0.3, -0.25) is 0 Å². The first-order chi connectivity index (χ1) is 9.28. The van der Waals surface area contributed by atoms with Gasteiger partial charge in [0.1, 0.15) is 5.82 Å². The molecular weight excluding hydrogens is 302 g/mol. The molecule has 0 saturated carbocycles. The zero-order valence-corrected chi connectivity index (χ0v) is 12.7. The normalized spacial score (nSPS) is 17.1. The zero-order valence-electron chi connectivity index (χ0n) is 11.1.